The molecule has 10 heavy (non-hydrogen) atoms. The molecule has 1 N–H and O–H groups in total. The van der Waals surface area contributed by atoms with Gasteiger partial charge < -0.3 is 9.84 Å². The average molecular weight is 185 g/mol. The fourth-order valence-corrected chi connectivity index (χ4v) is 0.730. The summed E-state index contributed by atoms with van der Waals surface area (Å²) in [5.74, 6) is -2.25. The highest BCUT2D eigenvalue weighted by Crippen LogP contribution is 2.32. The van der Waals surface area contributed by atoms with Crippen molar-refractivity contribution in [3.05, 3.63) is 0 Å². The molecule has 1 fully saturated rings. The first-order valence-electron chi connectivity index (χ1n) is 2.28. The molecule has 1 rings (SSSR count). The SMILES string of the molecule is O=C1OC(=O)C(Cl)(Cl)C1O. The first-order chi connectivity index (χ1) is 4.46. The second kappa shape index (κ2) is 2.08. The topological polar surface area (TPSA) is 63.6 Å². The van der Waals surface area contributed by atoms with Crippen molar-refractivity contribution >= 4 is 35.1 Å². The van der Waals surface area contributed by atoms with Crippen LogP contribution in [0.5, 0.6) is 0 Å². The number of aliphatic hydroxyl groups excluding tert-OH is 1. The molecule has 1 heterocycles. The molecule has 0 spiro atoms. The Bertz CT molecular complexity index is 199. The maximum atomic E-state index is 10.4. The number of esters is 2. The van der Waals surface area contributed by atoms with Crippen LogP contribution in [-0.2, 0) is 14.3 Å². The van der Waals surface area contributed by atoms with Crippen molar-refractivity contribution in [3.8, 4) is 0 Å². The number of carbonyl (C=O) groups is 2. The second-order valence-corrected chi connectivity index (χ2v) is 3.12. The summed E-state index contributed by atoms with van der Waals surface area (Å²) >= 11 is 10.4. The van der Waals surface area contributed by atoms with Crippen LogP contribution in [0.25, 0.3) is 0 Å². The van der Waals surface area contributed by atoms with Crippen LogP contribution < -0.4 is 0 Å². The Kier molecular flexibility index (Phi) is 1.62. The van der Waals surface area contributed by atoms with Crippen molar-refractivity contribution in [1.82, 2.24) is 0 Å². The van der Waals surface area contributed by atoms with Gasteiger partial charge in [-0.3, -0.25) is 0 Å². The van der Waals surface area contributed by atoms with E-state index in [0.29, 0.717) is 0 Å². The Balaban J connectivity index is 2.96. The first kappa shape index (κ1) is 7.78. The molecule has 0 aromatic rings. The molecular weight excluding hydrogens is 183 g/mol. The Morgan fingerprint density at radius 2 is 2.00 bits per heavy atom. The third kappa shape index (κ3) is 0.885. The highest BCUT2D eigenvalue weighted by Gasteiger charge is 2.55. The van der Waals surface area contributed by atoms with Gasteiger partial charge in [0.1, 0.15) is 0 Å². The van der Waals surface area contributed by atoms with Gasteiger partial charge in [0, 0.05) is 0 Å². The van der Waals surface area contributed by atoms with E-state index in [4.69, 9.17) is 28.3 Å². The van der Waals surface area contributed by atoms with Crippen LogP contribution in [0.4, 0.5) is 0 Å². The van der Waals surface area contributed by atoms with Crippen LogP contribution >= 0.6 is 23.2 Å². The third-order valence-corrected chi connectivity index (χ3v) is 1.75. The number of rotatable bonds is 0. The molecule has 4 nitrogen and oxygen atoms in total. The lowest BCUT2D eigenvalue weighted by Gasteiger charge is -2.07. The molecule has 1 aliphatic rings. The summed E-state index contributed by atoms with van der Waals surface area (Å²) in [6, 6.07) is 0. The highest BCUT2D eigenvalue weighted by atomic mass is 35.5. The fraction of sp³-hybridized carbons (Fsp3) is 0.500. The lowest BCUT2D eigenvalue weighted by molar-refractivity contribution is -0.154. The van der Waals surface area contributed by atoms with Crippen molar-refractivity contribution in [2.24, 2.45) is 0 Å². The van der Waals surface area contributed by atoms with E-state index < -0.39 is 22.4 Å². The first-order valence-corrected chi connectivity index (χ1v) is 3.04. The molecule has 1 unspecified atom stereocenters. The summed E-state index contributed by atoms with van der Waals surface area (Å²) in [6.07, 6.45) is -1.77. The number of hydrogen-bond donors (Lipinski definition) is 1. The minimum atomic E-state index is -2.13. The number of carbonyl (C=O) groups excluding carboxylic acids is 2. The predicted molar refractivity (Wildman–Crippen MR) is 31.5 cm³/mol. The molecule has 1 saturated heterocycles. The maximum Gasteiger partial charge on any atom is 0.353 e. The van der Waals surface area contributed by atoms with E-state index in [1.54, 1.807) is 0 Å². The zero-order chi connectivity index (χ0) is 7.94. The molecule has 0 amide bonds. The standard InChI is InChI=1S/C4H2Cl2O4/c5-4(6)1(7)2(8)10-3(4)9/h1,7H. The quantitative estimate of drug-likeness (QED) is 0.317. The van der Waals surface area contributed by atoms with Crippen LogP contribution in [0.3, 0.4) is 0 Å². The molecule has 1 atom stereocenters. The number of hydrogen-bond acceptors (Lipinski definition) is 4. The third-order valence-electron chi connectivity index (χ3n) is 1.03. The van der Waals surface area contributed by atoms with Crippen LogP contribution in [0, 0.1) is 0 Å². The van der Waals surface area contributed by atoms with Crippen LogP contribution in [-0.4, -0.2) is 27.5 Å². The molecule has 0 aromatic carbocycles. The lowest BCUT2D eigenvalue weighted by atomic mass is 10.3. The summed E-state index contributed by atoms with van der Waals surface area (Å²) in [7, 11) is 0. The number of cyclic esters (lactones) is 2. The van der Waals surface area contributed by atoms with Crippen molar-refractivity contribution in [2.45, 2.75) is 10.4 Å². The average Bonchev–Trinajstić information content (AvgIpc) is 1.97. The summed E-state index contributed by atoms with van der Waals surface area (Å²) in [5.41, 5.74) is 0. The van der Waals surface area contributed by atoms with E-state index in [2.05, 4.69) is 4.74 Å². The molecule has 0 aromatic heterocycles. The van der Waals surface area contributed by atoms with Gasteiger partial charge in [-0.2, -0.15) is 0 Å². The van der Waals surface area contributed by atoms with Gasteiger partial charge in [-0.15, -0.1) is 0 Å². The Morgan fingerprint density at radius 1 is 1.50 bits per heavy atom. The summed E-state index contributed by atoms with van der Waals surface area (Å²) in [4.78, 5) is 20.8. The van der Waals surface area contributed by atoms with E-state index in [1.165, 1.54) is 0 Å². The van der Waals surface area contributed by atoms with Crippen molar-refractivity contribution in [1.29, 1.82) is 0 Å². The second-order valence-electron chi connectivity index (χ2n) is 1.73. The number of aliphatic hydroxyl groups is 1. The Hall–Kier alpha value is -0.320. The van der Waals surface area contributed by atoms with Gasteiger partial charge in [-0.1, -0.05) is 23.2 Å². The van der Waals surface area contributed by atoms with Crippen molar-refractivity contribution in [2.75, 3.05) is 0 Å². The fourth-order valence-electron chi connectivity index (χ4n) is 0.475. The molecule has 56 valence electrons. The van der Waals surface area contributed by atoms with E-state index >= 15 is 0 Å². The van der Waals surface area contributed by atoms with Gasteiger partial charge in [0.25, 0.3) is 4.33 Å². The van der Waals surface area contributed by atoms with Gasteiger partial charge in [-0.25, -0.2) is 9.59 Å². The van der Waals surface area contributed by atoms with E-state index in [-0.39, 0.29) is 0 Å². The molecule has 1 aliphatic heterocycles. The molecule has 0 bridgehead atoms. The lowest BCUT2D eigenvalue weighted by Crippen LogP contribution is -2.33. The van der Waals surface area contributed by atoms with Crippen molar-refractivity contribution in [3.63, 3.8) is 0 Å². The molecule has 6 heteroatoms. The zero-order valence-corrected chi connectivity index (χ0v) is 6.02. The summed E-state index contributed by atoms with van der Waals surface area (Å²) in [5, 5.41) is 8.74. The maximum absolute atomic E-state index is 10.4. The van der Waals surface area contributed by atoms with Gasteiger partial charge in [0.2, 0.25) is 0 Å². The van der Waals surface area contributed by atoms with E-state index in [9.17, 15) is 9.59 Å². The smallest absolute Gasteiger partial charge is 0.353 e. The number of ether oxygens (including phenoxy) is 1. The monoisotopic (exact) mass is 184 g/mol. The minimum absolute atomic E-state index is 1.12. The van der Waals surface area contributed by atoms with Crippen LogP contribution in [0.15, 0.2) is 0 Å². The van der Waals surface area contributed by atoms with E-state index in [1.807, 2.05) is 0 Å². The van der Waals surface area contributed by atoms with Gasteiger partial charge in [0.15, 0.2) is 6.10 Å². The summed E-state index contributed by atoms with van der Waals surface area (Å²) < 4.78 is 1.77. The normalized spacial score (nSPS) is 30.5. The van der Waals surface area contributed by atoms with Gasteiger partial charge in [0.05, 0.1) is 0 Å². The van der Waals surface area contributed by atoms with Crippen LogP contribution in [0.1, 0.15) is 0 Å². The molecule has 0 saturated carbocycles. The molecule has 0 radical (unpaired) electrons. The van der Waals surface area contributed by atoms with E-state index in [0.717, 1.165) is 0 Å². The minimum Gasteiger partial charge on any atom is -0.389 e. The molecule has 0 aliphatic carbocycles. The highest BCUT2D eigenvalue weighted by molar-refractivity contribution is 6.60. The Labute approximate surface area is 65.7 Å². The largest absolute Gasteiger partial charge is 0.389 e. The summed E-state index contributed by atoms with van der Waals surface area (Å²) in [6.45, 7) is 0. The molecular formula is C4H2Cl2O4. The number of alkyl halides is 2. The Morgan fingerprint density at radius 3 is 2.10 bits per heavy atom. The van der Waals surface area contributed by atoms with Gasteiger partial charge >= 0.3 is 11.9 Å². The van der Waals surface area contributed by atoms with Crippen LogP contribution in [0.2, 0.25) is 0 Å². The predicted octanol–water partition coefficient (Wildman–Crippen LogP) is -0.395. The zero-order valence-electron chi connectivity index (χ0n) is 4.51. The van der Waals surface area contributed by atoms with Crippen molar-refractivity contribution < 1.29 is 19.4 Å². The number of halogens is 2. The van der Waals surface area contributed by atoms with Gasteiger partial charge in [-0.05, 0) is 0 Å².